The standard InChI is InChI=1S/C32H44N2O6/c1-3-39-31(37)29(35)33-26-13-5-6-14-27(26)34(30(36)32(38)40-4-2)25-18-22-11-8-12-23(19-25)28(22)24-16-20-9-7-10-21(15-20)17-24/h5-6,13-14,20-25,28H,3-4,7-12,15-19H2,1-2H3,(H,33,35)/t20-,21+,22-,23+,24+,25+,28?. The van der Waals surface area contributed by atoms with Crippen LogP contribution in [0.15, 0.2) is 24.3 Å². The van der Waals surface area contributed by atoms with Crippen LogP contribution in [0.2, 0.25) is 0 Å². The molecule has 4 saturated carbocycles. The van der Waals surface area contributed by atoms with E-state index in [-0.39, 0.29) is 19.3 Å². The van der Waals surface area contributed by atoms with Gasteiger partial charge in [-0.15, -0.1) is 0 Å². The van der Waals surface area contributed by atoms with E-state index >= 15 is 0 Å². The van der Waals surface area contributed by atoms with Crippen molar-refractivity contribution in [1.82, 2.24) is 0 Å². The van der Waals surface area contributed by atoms with Crippen molar-refractivity contribution in [2.24, 2.45) is 35.5 Å². The topological polar surface area (TPSA) is 102 Å². The Bertz CT molecular complexity index is 1080. The molecule has 0 saturated heterocycles. The Balaban J connectivity index is 1.42. The van der Waals surface area contributed by atoms with E-state index < -0.39 is 23.8 Å². The Morgan fingerprint density at radius 3 is 2.02 bits per heavy atom. The third kappa shape index (κ3) is 6.06. The SMILES string of the molecule is CCOC(=O)C(=O)Nc1ccccc1N(C(=O)C(=O)OCC)[C@H]1C[C@H]2CCC[C@@H](C1)C2[C@H]1C[C@@H]2CCC[C@@H](C2)C1. The second-order valence-electron chi connectivity index (χ2n) is 12.4. The molecule has 0 spiro atoms. The Morgan fingerprint density at radius 1 is 0.775 bits per heavy atom. The minimum atomic E-state index is -0.993. The minimum absolute atomic E-state index is 0.0792. The number of benzene rings is 1. The third-order valence-electron chi connectivity index (χ3n) is 10.0. The number of hydrogen-bond acceptors (Lipinski definition) is 6. The number of nitrogens with zero attached hydrogens (tertiary/aromatic N) is 1. The molecule has 5 rings (SSSR count). The Kier molecular flexibility index (Phi) is 9.11. The van der Waals surface area contributed by atoms with Crippen molar-refractivity contribution in [3.63, 3.8) is 0 Å². The Labute approximate surface area is 237 Å². The van der Waals surface area contributed by atoms with Gasteiger partial charge in [0.2, 0.25) is 0 Å². The zero-order valence-electron chi connectivity index (χ0n) is 23.9. The molecule has 4 bridgehead atoms. The number of esters is 2. The molecule has 1 aromatic rings. The molecule has 0 heterocycles. The van der Waals surface area contributed by atoms with E-state index in [9.17, 15) is 19.2 Å². The van der Waals surface area contributed by atoms with Crippen LogP contribution in [0.1, 0.15) is 84.5 Å². The van der Waals surface area contributed by atoms with Crippen LogP contribution >= 0.6 is 0 Å². The smallest absolute Gasteiger partial charge is 0.397 e. The summed E-state index contributed by atoms with van der Waals surface area (Å²) in [6, 6.07) is 6.68. The summed E-state index contributed by atoms with van der Waals surface area (Å²) in [6.45, 7) is 3.49. The highest BCUT2D eigenvalue weighted by molar-refractivity contribution is 6.40. The molecule has 218 valence electrons. The highest BCUT2D eigenvalue weighted by Gasteiger charge is 2.49. The largest absolute Gasteiger partial charge is 0.459 e. The zero-order valence-corrected chi connectivity index (χ0v) is 23.9. The number of ether oxygens (including phenoxy) is 2. The first-order chi connectivity index (χ1) is 19.4. The predicted molar refractivity (Wildman–Crippen MR) is 151 cm³/mol. The van der Waals surface area contributed by atoms with Gasteiger partial charge in [0.25, 0.3) is 0 Å². The molecule has 0 radical (unpaired) electrons. The summed E-state index contributed by atoms with van der Waals surface area (Å²) < 4.78 is 10.0. The number of amides is 2. The molecule has 7 atom stereocenters. The average Bonchev–Trinajstić information content (AvgIpc) is 2.93. The summed E-state index contributed by atoms with van der Waals surface area (Å²) in [7, 11) is 0. The lowest BCUT2D eigenvalue weighted by atomic mass is 9.54. The fraction of sp³-hybridized carbons (Fsp3) is 0.688. The van der Waals surface area contributed by atoms with Crippen LogP contribution in [0, 0.1) is 35.5 Å². The van der Waals surface area contributed by atoms with Crippen LogP contribution in [0.4, 0.5) is 11.4 Å². The van der Waals surface area contributed by atoms with Gasteiger partial charge in [0.1, 0.15) is 0 Å². The average molecular weight is 553 g/mol. The number of hydrogen-bond donors (Lipinski definition) is 1. The molecule has 8 nitrogen and oxygen atoms in total. The van der Waals surface area contributed by atoms with Crippen molar-refractivity contribution in [2.45, 2.75) is 90.5 Å². The molecule has 40 heavy (non-hydrogen) atoms. The van der Waals surface area contributed by atoms with Crippen molar-refractivity contribution in [3.05, 3.63) is 24.3 Å². The highest BCUT2D eigenvalue weighted by Crippen LogP contribution is 2.55. The molecule has 1 aromatic carbocycles. The zero-order chi connectivity index (χ0) is 28.2. The quantitative estimate of drug-likeness (QED) is 0.370. The summed E-state index contributed by atoms with van der Waals surface area (Å²) in [5.74, 6) is 0.710. The lowest BCUT2D eigenvalue weighted by molar-refractivity contribution is -0.153. The summed E-state index contributed by atoms with van der Waals surface area (Å²) >= 11 is 0. The molecule has 1 N–H and O–H groups in total. The van der Waals surface area contributed by atoms with Gasteiger partial charge in [-0.25, -0.2) is 9.59 Å². The maximum absolute atomic E-state index is 13.7. The number of nitrogens with one attached hydrogen (secondary N) is 1. The number of carbonyl (C=O) groups is 4. The molecule has 4 aliphatic rings. The van der Waals surface area contributed by atoms with Gasteiger partial charge >= 0.3 is 23.8 Å². The van der Waals surface area contributed by atoms with Gasteiger partial charge in [0.15, 0.2) is 0 Å². The molecule has 2 amide bonds. The minimum Gasteiger partial charge on any atom is -0.459 e. The number of fused-ring (bicyclic) bond motifs is 4. The van der Waals surface area contributed by atoms with Gasteiger partial charge < -0.3 is 14.8 Å². The molecule has 0 aliphatic heterocycles. The summed E-state index contributed by atoms with van der Waals surface area (Å²) in [5.41, 5.74) is 0.706. The molecular weight excluding hydrogens is 508 g/mol. The van der Waals surface area contributed by atoms with Crippen molar-refractivity contribution < 1.29 is 28.7 Å². The number of rotatable bonds is 6. The number of carbonyl (C=O) groups excluding carboxylic acids is 4. The second-order valence-corrected chi connectivity index (χ2v) is 12.4. The fourth-order valence-corrected chi connectivity index (χ4v) is 8.76. The predicted octanol–water partition coefficient (Wildman–Crippen LogP) is 5.50. The van der Waals surface area contributed by atoms with Crippen LogP contribution < -0.4 is 10.2 Å². The van der Waals surface area contributed by atoms with Crippen molar-refractivity contribution in [3.8, 4) is 0 Å². The van der Waals surface area contributed by atoms with Crippen molar-refractivity contribution >= 4 is 35.1 Å². The Hall–Kier alpha value is -2.90. The molecule has 4 fully saturated rings. The van der Waals surface area contributed by atoms with E-state index in [0.29, 0.717) is 29.1 Å². The molecule has 4 aliphatic carbocycles. The van der Waals surface area contributed by atoms with E-state index in [0.717, 1.165) is 43.4 Å². The number of anilines is 2. The lowest BCUT2D eigenvalue weighted by Crippen LogP contribution is -2.53. The van der Waals surface area contributed by atoms with Crippen LogP contribution in [0.3, 0.4) is 0 Å². The first-order valence-corrected chi connectivity index (χ1v) is 15.5. The van der Waals surface area contributed by atoms with E-state index in [2.05, 4.69) is 5.32 Å². The van der Waals surface area contributed by atoms with Gasteiger partial charge in [-0.2, -0.15) is 0 Å². The molecule has 0 aromatic heterocycles. The summed E-state index contributed by atoms with van der Waals surface area (Å²) in [4.78, 5) is 52.7. The van der Waals surface area contributed by atoms with E-state index in [1.807, 2.05) is 0 Å². The second kappa shape index (κ2) is 12.7. The van der Waals surface area contributed by atoms with E-state index in [1.165, 1.54) is 44.9 Å². The fourth-order valence-electron chi connectivity index (χ4n) is 8.76. The maximum Gasteiger partial charge on any atom is 0.397 e. The van der Waals surface area contributed by atoms with Gasteiger partial charge in [0.05, 0.1) is 24.6 Å². The molecule has 1 unspecified atom stereocenters. The van der Waals surface area contributed by atoms with E-state index in [4.69, 9.17) is 9.47 Å². The normalized spacial score (nSPS) is 31.0. The lowest BCUT2D eigenvalue weighted by Gasteiger charge is -2.53. The van der Waals surface area contributed by atoms with Crippen molar-refractivity contribution in [2.75, 3.05) is 23.4 Å². The van der Waals surface area contributed by atoms with Gasteiger partial charge in [-0.05, 0) is 93.6 Å². The van der Waals surface area contributed by atoms with Gasteiger partial charge in [0, 0.05) is 6.04 Å². The van der Waals surface area contributed by atoms with E-state index in [1.54, 1.807) is 43.0 Å². The van der Waals surface area contributed by atoms with Crippen LogP contribution in [0.25, 0.3) is 0 Å². The highest BCUT2D eigenvalue weighted by atomic mass is 16.5. The third-order valence-corrected chi connectivity index (χ3v) is 10.0. The van der Waals surface area contributed by atoms with Crippen LogP contribution in [-0.2, 0) is 28.7 Å². The summed E-state index contributed by atoms with van der Waals surface area (Å²) in [5, 5.41) is 2.61. The Morgan fingerprint density at radius 2 is 1.38 bits per heavy atom. The maximum atomic E-state index is 13.7. The summed E-state index contributed by atoms with van der Waals surface area (Å²) in [6.07, 6.45) is 13.5. The monoisotopic (exact) mass is 552 g/mol. The first-order valence-electron chi connectivity index (χ1n) is 15.5. The first kappa shape index (κ1) is 28.6. The van der Waals surface area contributed by atoms with Crippen molar-refractivity contribution in [1.29, 1.82) is 0 Å². The van der Waals surface area contributed by atoms with Crippen LogP contribution in [0.5, 0.6) is 0 Å². The number of para-hydroxylation sites is 2. The van der Waals surface area contributed by atoms with Gasteiger partial charge in [-0.1, -0.05) is 50.7 Å². The molecule has 8 heteroatoms. The van der Waals surface area contributed by atoms with Gasteiger partial charge in [-0.3, -0.25) is 14.5 Å². The van der Waals surface area contributed by atoms with Crippen LogP contribution in [-0.4, -0.2) is 43.0 Å². The molecular formula is C32H44N2O6.